The largest absolute Gasteiger partial charge is 0.390 e. The Kier molecular flexibility index (Phi) is 4.38. The van der Waals surface area contributed by atoms with Gasteiger partial charge in [-0.3, -0.25) is 4.72 Å². The van der Waals surface area contributed by atoms with Crippen molar-refractivity contribution in [1.29, 1.82) is 0 Å². The number of fused-ring (bicyclic) bond motifs is 3. The molecule has 2 aliphatic heterocycles. The van der Waals surface area contributed by atoms with Gasteiger partial charge in [0.2, 0.25) is 0 Å². The molecule has 2 aromatic heterocycles. The van der Waals surface area contributed by atoms with Crippen molar-refractivity contribution < 1.29 is 18.6 Å². The van der Waals surface area contributed by atoms with Crippen LogP contribution in [0, 0.1) is 5.92 Å². The van der Waals surface area contributed by atoms with Gasteiger partial charge in [-0.05, 0) is 30.5 Å². The van der Waals surface area contributed by atoms with Crippen molar-refractivity contribution in [1.82, 2.24) is 15.0 Å². The molecule has 0 amide bonds. The number of nitrogens with one attached hydrogen (secondary N) is 1. The molecule has 33 heavy (non-hydrogen) atoms. The summed E-state index contributed by atoms with van der Waals surface area (Å²) in [5.41, 5.74) is 8.40. The summed E-state index contributed by atoms with van der Waals surface area (Å²) in [6.07, 6.45) is 4.70. The minimum atomic E-state index is -3.41. The fourth-order valence-corrected chi connectivity index (χ4v) is 6.02. The third kappa shape index (κ3) is 3.15. The third-order valence-corrected chi connectivity index (χ3v) is 8.14. The summed E-state index contributed by atoms with van der Waals surface area (Å²) >= 11 is 0. The molecule has 4 heterocycles. The van der Waals surface area contributed by atoms with Crippen molar-refractivity contribution in [3.63, 3.8) is 0 Å². The Labute approximate surface area is 189 Å². The lowest BCUT2D eigenvalue weighted by molar-refractivity contribution is 0.0229. The number of nitrogen functional groups attached to an aromatic ring is 1. The fraction of sp³-hybridized carbons (Fsp3) is 0.318. The molecule has 170 valence electrons. The smallest absolute Gasteiger partial charge is 0.266 e. The van der Waals surface area contributed by atoms with E-state index in [0.29, 0.717) is 36.5 Å². The lowest BCUT2D eigenvalue weighted by atomic mass is 10.0. The van der Waals surface area contributed by atoms with Gasteiger partial charge in [0, 0.05) is 23.4 Å². The van der Waals surface area contributed by atoms with Crippen molar-refractivity contribution in [3.05, 3.63) is 47.8 Å². The first-order valence-corrected chi connectivity index (χ1v) is 12.2. The van der Waals surface area contributed by atoms with Crippen molar-refractivity contribution in [2.75, 3.05) is 21.9 Å². The van der Waals surface area contributed by atoms with Crippen LogP contribution in [0.4, 0.5) is 17.5 Å². The monoisotopic (exact) mass is 466 g/mol. The van der Waals surface area contributed by atoms with Crippen LogP contribution in [0.3, 0.4) is 0 Å². The molecule has 3 aromatic rings. The molecular weight excluding hydrogens is 444 g/mol. The number of hydrogen-bond donors (Lipinski definition) is 4. The average molecular weight is 467 g/mol. The maximum Gasteiger partial charge on any atom is 0.266 e. The Morgan fingerprint density at radius 3 is 2.85 bits per heavy atom. The number of pyridine rings is 1. The van der Waals surface area contributed by atoms with Crippen LogP contribution in [-0.4, -0.2) is 58.4 Å². The first-order chi connectivity index (χ1) is 15.8. The van der Waals surface area contributed by atoms with Gasteiger partial charge in [-0.25, -0.2) is 23.4 Å². The summed E-state index contributed by atoms with van der Waals surface area (Å²) in [6, 6.07) is 6.91. The van der Waals surface area contributed by atoms with Crippen LogP contribution in [-0.2, 0) is 16.4 Å². The first-order valence-electron chi connectivity index (χ1n) is 10.7. The van der Waals surface area contributed by atoms with E-state index < -0.39 is 22.2 Å². The van der Waals surface area contributed by atoms with Crippen molar-refractivity contribution in [2.45, 2.75) is 36.0 Å². The van der Waals surface area contributed by atoms with Gasteiger partial charge in [0.1, 0.15) is 29.0 Å². The predicted octanol–water partition coefficient (Wildman–Crippen LogP) is 0.907. The van der Waals surface area contributed by atoms with Crippen LogP contribution in [0.2, 0.25) is 0 Å². The molecule has 1 aliphatic carbocycles. The highest BCUT2D eigenvalue weighted by Crippen LogP contribution is 2.38. The van der Waals surface area contributed by atoms with Gasteiger partial charge in [0.05, 0.1) is 17.7 Å². The number of anilines is 3. The topological polar surface area (TPSA) is 155 Å². The zero-order valence-electron chi connectivity index (χ0n) is 17.5. The Morgan fingerprint density at radius 2 is 2.03 bits per heavy atom. The van der Waals surface area contributed by atoms with Crippen LogP contribution in [0.15, 0.2) is 41.6 Å². The van der Waals surface area contributed by atoms with Crippen molar-refractivity contribution >= 4 is 44.5 Å². The zero-order chi connectivity index (χ0) is 22.9. The molecule has 6 rings (SSSR count). The number of aliphatic hydroxyl groups is 2. The number of sulfonamides is 1. The number of nitrogens with two attached hydrogens (primary N) is 1. The van der Waals surface area contributed by atoms with Gasteiger partial charge in [-0.2, -0.15) is 0 Å². The lowest BCUT2D eigenvalue weighted by Gasteiger charge is -2.28. The maximum absolute atomic E-state index is 11.7. The van der Waals surface area contributed by atoms with E-state index in [4.69, 9.17) is 5.73 Å². The van der Waals surface area contributed by atoms with E-state index in [-0.39, 0.29) is 16.9 Å². The van der Waals surface area contributed by atoms with Gasteiger partial charge in [0.15, 0.2) is 5.82 Å². The molecule has 1 aromatic carbocycles. The van der Waals surface area contributed by atoms with Gasteiger partial charge < -0.3 is 20.8 Å². The second kappa shape index (κ2) is 7.11. The second-order valence-electron chi connectivity index (χ2n) is 8.70. The highest BCUT2D eigenvalue weighted by Gasteiger charge is 2.45. The van der Waals surface area contributed by atoms with Gasteiger partial charge >= 0.3 is 0 Å². The molecule has 10 nitrogen and oxygen atoms in total. The van der Waals surface area contributed by atoms with Crippen LogP contribution < -0.4 is 15.4 Å². The van der Waals surface area contributed by atoms with E-state index in [1.54, 1.807) is 6.07 Å². The second-order valence-corrected chi connectivity index (χ2v) is 10.4. The fourth-order valence-electron chi connectivity index (χ4n) is 5.02. The number of hydrogen-bond acceptors (Lipinski definition) is 9. The maximum atomic E-state index is 11.7. The average Bonchev–Trinajstić information content (AvgIpc) is 3.33. The normalized spacial score (nSPS) is 27.4. The third-order valence-electron chi connectivity index (χ3n) is 6.79. The van der Waals surface area contributed by atoms with Crippen molar-refractivity contribution in [3.8, 4) is 0 Å². The molecule has 0 bridgehead atoms. The van der Waals surface area contributed by atoms with Gasteiger partial charge in [-0.15, -0.1) is 0 Å². The summed E-state index contributed by atoms with van der Waals surface area (Å²) in [5.74, 6) is 1.31. The Bertz CT molecular complexity index is 1430. The molecule has 11 heteroatoms. The molecule has 5 N–H and O–H groups in total. The standard InChI is InChI=1S/C22H22N6O4S/c23-20-14-5-6-28(22(14)25-10-24-20)16-8-13(18(29)19(16)30)4-2-11-1-3-12-9-17-21(26-15(12)7-11)27-33(17,31)32/h1-4,7,9-10,13,16,18-19,29-30H,5-6,8H2,(H,26,27)(H2,23,24,25)/b4-2+/t13-,16+,18+,19-/m0/s1. The quantitative estimate of drug-likeness (QED) is 0.441. The van der Waals surface area contributed by atoms with Crippen LogP contribution >= 0.6 is 0 Å². The number of aromatic nitrogens is 3. The minimum absolute atomic E-state index is 0.211. The molecule has 0 spiro atoms. The Balaban J connectivity index is 1.23. The van der Waals surface area contributed by atoms with E-state index in [0.717, 1.165) is 22.3 Å². The van der Waals surface area contributed by atoms with Crippen molar-refractivity contribution in [2.24, 2.45) is 5.92 Å². The molecule has 1 fully saturated rings. The van der Waals surface area contributed by atoms with Gasteiger partial charge in [0.25, 0.3) is 10.0 Å². The predicted molar refractivity (Wildman–Crippen MR) is 123 cm³/mol. The Hall–Kier alpha value is -3.28. The summed E-state index contributed by atoms with van der Waals surface area (Å²) in [6.45, 7) is 0.674. The van der Waals surface area contributed by atoms with E-state index >= 15 is 0 Å². The Morgan fingerprint density at radius 1 is 1.18 bits per heavy atom. The van der Waals surface area contributed by atoms with Crippen LogP contribution in [0.25, 0.3) is 17.0 Å². The number of rotatable bonds is 3. The van der Waals surface area contributed by atoms with Crippen LogP contribution in [0.1, 0.15) is 17.5 Å². The summed E-state index contributed by atoms with van der Waals surface area (Å²) in [5, 5.41) is 22.2. The lowest BCUT2D eigenvalue weighted by Crippen LogP contribution is -2.43. The highest BCUT2D eigenvalue weighted by molar-refractivity contribution is 7.94. The highest BCUT2D eigenvalue weighted by atomic mass is 32.2. The zero-order valence-corrected chi connectivity index (χ0v) is 18.3. The van der Waals surface area contributed by atoms with E-state index in [9.17, 15) is 18.6 Å². The number of aliphatic hydroxyl groups excluding tert-OH is 2. The molecular formula is C22H22N6O4S. The van der Waals surface area contributed by atoms with E-state index in [1.807, 2.05) is 35.3 Å². The summed E-state index contributed by atoms with van der Waals surface area (Å²) in [7, 11) is -3.41. The summed E-state index contributed by atoms with van der Waals surface area (Å²) < 4.78 is 25.8. The molecule has 0 radical (unpaired) electrons. The molecule has 1 saturated carbocycles. The molecule has 0 unspecified atom stereocenters. The SMILES string of the molecule is Nc1ncnc2c1CCN2[C@@H]1C[C@H](/C=C/c2ccc3cc4c(nc3c2)NS4(=O)=O)[C@@H](O)[C@H]1O. The minimum Gasteiger partial charge on any atom is -0.390 e. The summed E-state index contributed by atoms with van der Waals surface area (Å²) in [4.78, 5) is 15.0. The van der Waals surface area contributed by atoms with E-state index in [1.165, 1.54) is 6.33 Å². The van der Waals surface area contributed by atoms with Crippen LogP contribution in [0.5, 0.6) is 0 Å². The van der Waals surface area contributed by atoms with Gasteiger partial charge in [-0.1, -0.05) is 24.3 Å². The van der Waals surface area contributed by atoms with E-state index in [2.05, 4.69) is 19.7 Å². The number of benzene rings is 1. The molecule has 0 saturated heterocycles. The number of nitrogens with zero attached hydrogens (tertiary/aromatic N) is 4. The molecule has 3 aliphatic rings. The first kappa shape index (κ1) is 20.3. The molecule has 4 atom stereocenters.